The van der Waals surface area contributed by atoms with Crippen LogP contribution in [0.2, 0.25) is 0 Å². The van der Waals surface area contributed by atoms with Gasteiger partial charge in [-0.05, 0) is 24.6 Å². The molecule has 1 atom stereocenters. The van der Waals surface area contributed by atoms with Gasteiger partial charge in [0.15, 0.2) is 11.0 Å². The van der Waals surface area contributed by atoms with Crippen molar-refractivity contribution in [1.29, 1.82) is 0 Å². The Labute approximate surface area is 129 Å². The van der Waals surface area contributed by atoms with E-state index in [9.17, 15) is 4.79 Å². The minimum absolute atomic E-state index is 0.00540. The average Bonchev–Trinajstić information content (AvgIpc) is 3.05. The van der Waals surface area contributed by atoms with Crippen LogP contribution in [-0.4, -0.2) is 43.6 Å². The molecule has 2 aromatic rings. The first kappa shape index (κ1) is 15.4. The second-order valence-corrected chi connectivity index (χ2v) is 6.94. The standard InChI is InChI=1S/C12H15N3O2S3/c1-8(6-18-2)15-11(9-4-3-5-19-9)13-14-12(15)20-7-10(16)17/h3-5,8H,6-7H2,1-2H3,(H,16,17). The van der Waals surface area contributed by atoms with Crippen molar-refractivity contribution in [2.75, 3.05) is 17.8 Å². The quantitative estimate of drug-likeness (QED) is 0.787. The van der Waals surface area contributed by atoms with Crippen LogP contribution in [0, 0.1) is 0 Å². The topological polar surface area (TPSA) is 68.0 Å². The van der Waals surface area contributed by atoms with Crippen molar-refractivity contribution in [3.63, 3.8) is 0 Å². The van der Waals surface area contributed by atoms with Crippen LogP contribution in [-0.2, 0) is 4.79 Å². The lowest BCUT2D eigenvalue weighted by molar-refractivity contribution is -0.133. The number of hydrogen-bond acceptors (Lipinski definition) is 6. The summed E-state index contributed by atoms with van der Waals surface area (Å²) in [6, 6.07) is 4.19. The van der Waals surface area contributed by atoms with Crippen LogP contribution in [0.4, 0.5) is 0 Å². The fourth-order valence-corrected chi connectivity index (χ4v) is 3.88. The number of hydrogen-bond donors (Lipinski definition) is 1. The van der Waals surface area contributed by atoms with E-state index in [1.165, 1.54) is 11.8 Å². The molecule has 0 radical (unpaired) electrons. The van der Waals surface area contributed by atoms with Crippen molar-refractivity contribution in [1.82, 2.24) is 14.8 Å². The van der Waals surface area contributed by atoms with Gasteiger partial charge in [0.05, 0.1) is 10.6 Å². The molecule has 0 spiro atoms. The molecule has 1 N–H and O–H groups in total. The van der Waals surface area contributed by atoms with Gasteiger partial charge in [0.2, 0.25) is 0 Å². The summed E-state index contributed by atoms with van der Waals surface area (Å²) in [5, 5.41) is 19.9. The molecule has 0 aromatic carbocycles. The summed E-state index contributed by atoms with van der Waals surface area (Å²) in [7, 11) is 0. The largest absolute Gasteiger partial charge is 0.481 e. The van der Waals surface area contributed by atoms with Crippen molar-refractivity contribution in [3.05, 3.63) is 17.5 Å². The third-order valence-electron chi connectivity index (χ3n) is 2.58. The van der Waals surface area contributed by atoms with Gasteiger partial charge in [-0.1, -0.05) is 17.8 Å². The van der Waals surface area contributed by atoms with Crippen molar-refractivity contribution >= 4 is 40.8 Å². The highest BCUT2D eigenvalue weighted by Gasteiger charge is 2.20. The van der Waals surface area contributed by atoms with E-state index in [2.05, 4.69) is 23.4 Å². The Morgan fingerprint density at radius 3 is 2.95 bits per heavy atom. The number of aromatic nitrogens is 3. The summed E-state index contributed by atoms with van der Waals surface area (Å²) in [5.41, 5.74) is 0. The molecule has 20 heavy (non-hydrogen) atoms. The highest BCUT2D eigenvalue weighted by atomic mass is 32.2. The van der Waals surface area contributed by atoms with E-state index >= 15 is 0 Å². The monoisotopic (exact) mass is 329 g/mol. The van der Waals surface area contributed by atoms with E-state index in [0.717, 1.165) is 16.5 Å². The molecule has 2 rings (SSSR count). The van der Waals surface area contributed by atoms with Crippen LogP contribution in [0.1, 0.15) is 13.0 Å². The fourth-order valence-electron chi connectivity index (χ4n) is 1.79. The number of aliphatic carboxylic acids is 1. The van der Waals surface area contributed by atoms with Crippen molar-refractivity contribution in [2.45, 2.75) is 18.1 Å². The normalized spacial score (nSPS) is 12.5. The summed E-state index contributed by atoms with van der Waals surface area (Å²) in [6.07, 6.45) is 2.05. The number of rotatable bonds is 7. The molecule has 0 amide bonds. The molecular formula is C12H15N3O2S3. The first-order chi connectivity index (χ1) is 9.63. The Morgan fingerprint density at radius 2 is 2.35 bits per heavy atom. The van der Waals surface area contributed by atoms with E-state index in [1.807, 2.05) is 22.1 Å². The van der Waals surface area contributed by atoms with E-state index in [4.69, 9.17) is 5.11 Å². The average molecular weight is 329 g/mol. The van der Waals surface area contributed by atoms with E-state index in [1.54, 1.807) is 23.1 Å². The van der Waals surface area contributed by atoms with Crippen molar-refractivity contribution in [3.8, 4) is 10.7 Å². The van der Waals surface area contributed by atoms with Gasteiger partial charge >= 0.3 is 5.97 Å². The number of carboxylic acids is 1. The van der Waals surface area contributed by atoms with Gasteiger partial charge in [-0.25, -0.2) is 0 Å². The van der Waals surface area contributed by atoms with Crippen LogP contribution < -0.4 is 0 Å². The fraction of sp³-hybridized carbons (Fsp3) is 0.417. The Morgan fingerprint density at radius 1 is 1.55 bits per heavy atom. The summed E-state index contributed by atoms with van der Waals surface area (Å²) in [5.74, 6) is 0.889. The zero-order valence-electron chi connectivity index (χ0n) is 11.1. The molecular weight excluding hydrogens is 314 g/mol. The predicted octanol–water partition coefficient (Wildman–Crippen LogP) is 3.11. The second kappa shape index (κ2) is 7.14. The van der Waals surface area contributed by atoms with Crippen LogP contribution in [0.5, 0.6) is 0 Å². The lowest BCUT2D eigenvalue weighted by Gasteiger charge is -2.16. The zero-order valence-corrected chi connectivity index (χ0v) is 13.6. The minimum Gasteiger partial charge on any atom is -0.481 e. The molecule has 0 fully saturated rings. The molecule has 108 valence electrons. The molecule has 0 bridgehead atoms. The van der Waals surface area contributed by atoms with Gasteiger partial charge in [-0.2, -0.15) is 11.8 Å². The van der Waals surface area contributed by atoms with Crippen LogP contribution in [0.3, 0.4) is 0 Å². The van der Waals surface area contributed by atoms with E-state index in [0.29, 0.717) is 5.16 Å². The van der Waals surface area contributed by atoms with Gasteiger partial charge < -0.3 is 5.11 Å². The summed E-state index contributed by atoms with van der Waals surface area (Å²) in [6.45, 7) is 2.10. The van der Waals surface area contributed by atoms with Gasteiger partial charge in [0.25, 0.3) is 0 Å². The predicted molar refractivity (Wildman–Crippen MR) is 84.8 cm³/mol. The lowest BCUT2D eigenvalue weighted by atomic mass is 10.3. The maximum absolute atomic E-state index is 10.7. The molecule has 2 heterocycles. The second-order valence-electron chi connectivity index (χ2n) is 4.14. The molecule has 0 aliphatic heterocycles. The third-order valence-corrected chi connectivity index (χ3v) is 5.19. The minimum atomic E-state index is -0.847. The number of thioether (sulfide) groups is 2. The van der Waals surface area contributed by atoms with Gasteiger partial charge in [0.1, 0.15) is 0 Å². The summed E-state index contributed by atoms with van der Waals surface area (Å²) in [4.78, 5) is 11.8. The molecule has 0 saturated heterocycles. The number of carboxylic acid groups (broad SMARTS) is 1. The van der Waals surface area contributed by atoms with E-state index in [-0.39, 0.29) is 11.8 Å². The Bertz CT molecular complexity index is 569. The van der Waals surface area contributed by atoms with Crippen LogP contribution in [0.15, 0.2) is 22.7 Å². The highest BCUT2D eigenvalue weighted by Crippen LogP contribution is 2.31. The van der Waals surface area contributed by atoms with Crippen molar-refractivity contribution in [2.24, 2.45) is 0 Å². The SMILES string of the molecule is CSCC(C)n1c(SCC(=O)O)nnc1-c1cccs1. The Balaban J connectivity index is 2.34. The number of thiophene rings is 1. The summed E-state index contributed by atoms with van der Waals surface area (Å²) < 4.78 is 2.04. The molecule has 1 unspecified atom stereocenters. The zero-order chi connectivity index (χ0) is 14.5. The molecule has 8 heteroatoms. The molecule has 0 saturated carbocycles. The van der Waals surface area contributed by atoms with Crippen LogP contribution in [0.25, 0.3) is 10.7 Å². The van der Waals surface area contributed by atoms with Gasteiger partial charge in [-0.15, -0.1) is 21.5 Å². The Kier molecular flexibility index (Phi) is 5.50. The highest BCUT2D eigenvalue weighted by molar-refractivity contribution is 7.99. The Hall–Kier alpha value is -0.990. The first-order valence-electron chi connectivity index (χ1n) is 5.95. The number of nitrogens with zero attached hydrogens (tertiary/aromatic N) is 3. The summed E-state index contributed by atoms with van der Waals surface area (Å²) >= 11 is 4.57. The van der Waals surface area contributed by atoms with Gasteiger partial charge in [0, 0.05) is 11.8 Å². The smallest absolute Gasteiger partial charge is 0.313 e. The molecule has 2 aromatic heterocycles. The van der Waals surface area contributed by atoms with Crippen LogP contribution >= 0.6 is 34.9 Å². The third kappa shape index (κ3) is 3.56. The molecule has 5 nitrogen and oxygen atoms in total. The van der Waals surface area contributed by atoms with Gasteiger partial charge in [-0.3, -0.25) is 9.36 Å². The lowest BCUT2D eigenvalue weighted by Crippen LogP contribution is -2.11. The first-order valence-corrected chi connectivity index (χ1v) is 9.21. The molecule has 0 aliphatic carbocycles. The molecule has 0 aliphatic rings. The van der Waals surface area contributed by atoms with E-state index < -0.39 is 5.97 Å². The maximum Gasteiger partial charge on any atom is 0.313 e. The maximum atomic E-state index is 10.7. The van der Waals surface area contributed by atoms with Crippen molar-refractivity contribution < 1.29 is 9.90 Å². The number of carbonyl (C=O) groups is 1.